The van der Waals surface area contributed by atoms with Crippen LogP contribution in [-0.4, -0.2) is 55.7 Å². The van der Waals surface area contributed by atoms with Crippen LogP contribution in [0.2, 0.25) is 0 Å². The average molecular weight is 314 g/mol. The van der Waals surface area contributed by atoms with Crippen molar-refractivity contribution in [1.29, 1.82) is 0 Å². The van der Waals surface area contributed by atoms with Crippen LogP contribution in [0.25, 0.3) is 0 Å². The Morgan fingerprint density at radius 1 is 1.52 bits per heavy atom. The molecule has 1 aromatic rings. The third-order valence-electron chi connectivity index (χ3n) is 3.78. The molecule has 5 nitrogen and oxygen atoms in total. The molecule has 0 aromatic carbocycles. The summed E-state index contributed by atoms with van der Waals surface area (Å²) in [7, 11) is 0. The maximum Gasteiger partial charge on any atom is 0.0897 e. The molecule has 1 aliphatic heterocycles. The van der Waals surface area contributed by atoms with Crippen molar-refractivity contribution in [3.63, 3.8) is 0 Å². The molecule has 2 N–H and O–H groups in total. The lowest BCUT2D eigenvalue weighted by molar-refractivity contribution is 0.0353. The third-order valence-corrected chi connectivity index (χ3v) is 4.78. The van der Waals surface area contributed by atoms with Crippen LogP contribution < -0.4 is 5.32 Å². The molecule has 2 heterocycles. The number of nitrogens with zero attached hydrogens (tertiary/aromatic N) is 1. The van der Waals surface area contributed by atoms with Crippen LogP contribution in [0.1, 0.15) is 23.4 Å². The number of aromatic nitrogens is 1. The summed E-state index contributed by atoms with van der Waals surface area (Å²) in [5.41, 5.74) is 2.95. The predicted octanol–water partition coefficient (Wildman–Crippen LogP) is 1.39. The van der Waals surface area contributed by atoms with Crippen molar-refractivity contribution in [2.24, 2.45) is 5.92 Å². The van der Waals surface area contributed by atoms with Gasteiger partial charge in [-0.15, -0.1) is 11.3 Å². The van der Waals surface area contributed by atoms with Gasteiger partial charge in [-0.2, -0.15) is 0 Å². The molecule has 120 valence electrons. The number of ether oxygens (including phenoxy) is 2. The number of hydrogen-bond donors (Lipinski definition) is 2. The van der Waals surface area contributed by atoms with Gasteiger partial charge in [-0.05, 0) is 32.2 Å². The number of nitrogens with one attached hydrogen (secondary N) is 1. The zero-order valence-corrected chi connectivity index (χ0v) is 13.5. The van der Waals surface area contributed by atoms with E-state index in [1.54, 1.807) is 11.3 Å². The third kappa shape index (κ3) is 6.40. The monoisotopic (exact) mass is 314 g/mol. The van der Waals surface area contributed by atoms with Crippen molar-refractivity contribution in [3.05, 3.63) is 16.1 Å². The van der Waals surface area contributed by atoms with Gasteiger partial charge in [0.2, 0.25) is 0 Å². The largest absolute Gasteiger partial charge is 0.389 e. The molecule has 0 radical (unpaired) electrons. The van der Waals surface area contributed by atoms with E-state index in [0.717, 1.165) is 44.7 Å². The van der Waals surface area contributed by atoms with Crippen molar-refractivity contribution in [1.82, 2.24) is 10.3 Å². The molecule has 1 saturated heterocycles. The van der Waals surface area contributed by atoms with E-state index in [9.17, 15) is 5.11 Å². The van der Waals surface area contributed by atoms with Crippen LogP contribution in [0, 0.1) is 12.8 Å². The molecule has 1 aliphatic rings. The zero-order chi connectivity index (χ0) is 14.9. The normalized spacial score (nSPS) is 18.0. The average Bonchev–Trinajstić information content (AvgIpc) is 2.90. The maximum atomic E-state index is 9.87. The summed E-state index contributed by atoms with van der Waals surface area (Å²) in [6.45, 7) is 6.33. The molecule has 0 amide bonds. The quantitative estimate of drug-likeness (QED) is 0.674. The smallest absolute Gasteiger partial charge is 0.0897 e. The first-order valence-electron chi connectivity index (χ1n) is 7.69. The molecule has 0 bridgehead atoms. The maximum absolute atomic E-state index is 9.87. The highest BCUT2D eigenvalue weighted by atomic mass is 32.1. The van der Waals surface area contributed by atoms with Crippen LogP contribution in [0.15, 0.2) is 5.51 Å². The lowest BCUT2D eigenvalue weighted by atomic mass is 10.0. The summed E-state index contributed by atoms with van der Waals surface area (Å²) in [5, 5.41) is 13.2. The summed E-state index contributed by atoms with van der Waals surface area (Å²) < 4.78 is 10.9. The molecule has 0 saturated carbocycles. The summed E-state index contributed by atoms with van der Waals surface area (Å²) >= 11 is 1.66. The van der Waals surface area contributed by atoms with Crippen LogP contribution >= 0.6 is 11.3 Å². The second-order valence-corrected chi connectivity index (χ2v) is 6.49. The van der Waals surface area contributed by atoms with E-state index in [2.05, 4.69) is 10.3 Å². The minimum Gasteiger partial charge on any atom is -0.389 e. The molecule has 1 fully saturated rings. The van der Waals surface area contributed by atoms with E-state index in [1.807, 2.05) is 12.4 Å². The van der Waals surface area contributed by atoms with E-state index < -0.39 is 6.10 Å². The fourth-order valence-electron chi connectivity index (χ4n) is 2.41. The van der Waals surface area contributed by atoms with Crippen molar-refractivity contribution >= 4 is 11.3 Å². The van der Waals surface area contributed by atoms with E-state index in [-0.39, 0.29) is 0 Å². The van der Waals surface area contributed by atoms with Crippen molar-refractivity contribution in [2.75, 3.05) is 39.5 Å². The Balaban J connectivity index is 1.47. The fraction of sp³-hybridized carbons (Fsp3) is 0.800. The highest BCUT2D eigenvalue weighted by Gasteiger charge is 2.13. The first kappa shape index (κ1) is 16.8. The summed E-state index contributed by atoms with van der Waals surface area (Å²) in [5.74, 6) is 0.682. The van der Waals surface area contributed by atoms with Crippen LogP contribution in [0.4, 0.5) is 0 Å². The SMILES string of the molecule is Cc1ncsc1CCOCC(O)CNCC1CCOCC1. The van der Waals surface area contributed by atoms with Gasteiger partial charge in [0.25, 0.3) is 0 Å². The van der Waals surface area contributed by atoms with Crippen LogP contribution in [0.3, 0.4) is 0 Å². The molecule has 6 heteroatoms. The molecule has 1 atom stereocenters. The van der Waals surface area contributed by atoms with E-state index >= 15 is 0 Å². The Kier molecular flexibility index (Phi) is 7.60. The highest BCUT2D eigenvalue weighted by Crippen LogP contribution is 2.13. The van der Waals surface area contributed by atoms with Gasteiger partial charge in [0.05, 0.1) is 30.5 Å². The van der Waals surface area contributed by atoms with Crippen LogP contribution in [-0.2, 0) is 15.9 Å². The lowest BCUT2D eigenvalue weighted by Crippen LogP contribution is -2.35. The topological polar surface area (TPSA) is 63.6 Å². The Hall–Kier alpha value is -0.530. The minimum absolute atomic E-state index is 0.388. The van der Waals surface area contributed by atoms with Gasteiger partial charge in [0, 0.05) is 31.1 Å². The molecule has 1 aromatic heterocycles. The first-order valence-corrected chi connectivity index (χ1v) is 8.57. The van der Waals surface area contributed by atoms with Gasteiger partial charge in [0.1, 0.15) is 0 Å². The van der Waals surface area contributed by atoms with Crippen molar-refractivity contribution in [3.8, 4) is 0 Å². The predicted molar refractivity (Wildman–Crippen MR) is 83.8 cm³/mol. The van der Waals surface area contributed by atoms with Gasteiger partial charge in [-0.1, -0.05) is 0 Å². The fourth-order valence-corrected chi connectivity index (χ4v) is 3.18. The second-order valence-electron chi connectivity index (χ2n) is 5.55. The van der Waals surface area contributed by atoms with E-state index in [0.29, 0.717) is 25.7 Å². The number of aliphatic hydroxyl groups is 1. The Morgan fingerprint density at radius 2 is 2.33 bits per heavy atom. The number of hydrogen-bond acceptors (Lipinski definition) is 6. The van der Waals surface area contributed by atoms with Gasteiger partial charge < -0.3 is 19.9 Å². The van der Waals surface area contributed by atoms with Gasteiger partial charge >= 0.3 is 0 Å². The van der Waals surface area contributed by atoms with E-state index in [4.69, 9.17) is 9.47 Å². The van der Waals surface area contributed by atoms with Crippen LogP contribution in [0.5, 0.6) is 0 Å². The Bertz CT molecular complexity index is 394. The molecule has 0 aliphatic carbocycles. The number of aliphatic hydroxyl groups excluding tert-OH is 1. The van der Waals surface area contributed by atoms with Gasteiger partial charge in [-0.3, -0.25) is 0 Å². The van der Waals surface area contributed by atoms with Gasteiger partial charge in [-0.25, -0.2) is 4.98 Å². The molecular formula is C15H26N2O3S. The molecule has 1 unspecified atom stereocenters. The zero-order valence-electron chi connectivity index (χ0n) is 12.7. The number of aryl methyl sites for hydroxylation is 1. The van der Waals surface area contributed by atoms with Crippen molar-refractivity contribution < 1.29 is 14.6 Å². The lowest BCUT2D eigenvalue weighted by Gasteiger charge is -2.23. The standard InChI is InChI=1S/C15H26N2O3S/c1-12-15(21-11-17-12)4-7-20-10-14(18)9-16-8-13-2-5-19-6-3-13/h11,13-14,16,18H,2-10H2,1H3. The van der Waals surface area contributed by atoms with Gasteiger partial charge in [0.15, 0.2) is 0 Å². The molecular weight excluding hydrogens is 288 g/mol. The number of thiazole rings is 1. The summed E-state index contributed by atoms with van der Waals surface area (Å²) in [4.78, 5) is 5.48. The molecule has 2 rings (SSSR count). The Morgan fingerprint density at radius 3 is 3.05 bits per heavy atom. The molecule has 21 heavy (non-hydrogen) atoms. The summed E-state index contributed by atoms with van der Waals surface area (Å²) in [6.07, 6.45) is 2.67. The van der Waals surface area contributed by atoms with E-state index in [1.165, 1.54) is 4.88 Å². The Labute approximate surface area is 130 Å². The number of rotatable bonds is 9. The second kappa shape index (κ2) is 9.48. The first-order chi connectivity index (χ1) is 10.3. The molecule has 0 spiro atoms. The summed E-state index contributed by atoms with van der Waals surface area (Å²) in [6, 6.07) is 0. The van der Waals surface area contributed by atoms with Crippen molar-refractivity contribution in [2.45, 2.75) is 32.3 Å². The highest BCUT2D eigenvalue weighted by molar-refractivity contribution is 7.09. The minimum atomic E-state index is -0.438.